The van der Waals surface area contributed by atoms with Crippen LogP contribution in [-0.4, -0.2) is 10.5 Å². The summed E-state index contributed by atoms with van der Waals surface area (Å²) >= 11 is 7.68. The summed E-state index contributed by atoms with van der Waals surface area (Å²) in [4.78, 5) is 13.8. The lowest BCUT2D eigenvalue weighted by molar-refractivity contribution is 0.102. The number of hydrogen-bond acceptors (Lipinski definition) is 2. The van der Waals surface area contributed by atoms with Crippen LogP contribution >= 0.6 is 22.9 Å². The molecule has 118 valence electrons. The van der Waals surface area contributed by atoms with Gasteiger partial charge in [0.1, 0.15) is 0 Å². The minimum Gasteiger partial charge on any atom is -0.343 e. The molecule has 0 radical (unpaired) electrons. The summed E-state index contributed by atoms with van der Waals surface area (Å²) in [5.74, 6) is -0.113. The SMILES string of the molecule is Cc1cc(C(=O)Nc2cccc(Cl)c2)c(C)n1Cc1cccs1. The molecule has 0 spiro atoms. The number of halogens is 1. The topological polar surface area (TPSA) is 34.0 Å². The molecule has 23 heavy (non-hydrogen) atoms. The van der Waals surface area contributed by atoms with Crippen LogP contribution in [0.3, 0.4) is 0 Å². The molecule has 0 saturated carbocycles. The molecule has 0 aliphatic carbocycles. The Kier molecular flexibility index (Phi) is 4.55. The number of anilines is 1. The van der Waals surface area contributed by atoms with E-state index in [9.17, 15) is 4.79 Å². The van der Waals surface area contributed by atoms with Crippen LogP contribution in [-0.2, 0) is 6.54 Å². The van der Waals surface area contributed by atoms with Crippen LogP contribution in [0.15, 0.2) is 47.8 Å². The molecular formula is C18H17ClN2OS. The van der Waals surface area contributed by atoms with Crippen LogP contribution in [0.5, 0.6) is 0 Å². The first-order valence-electron chi connectivity index (χ1n) is 7.30. The van der Waals surface area contributed by atoms with Gasteiger partial charge in [-0.15, -0.1) is 11.3 Å². The average molecular weight is 345 g/mol. The molecule has 0 bridgehead atoms. The van der Waals surface area contributed by atoms with Gasteiger partial charge in [-0.2, -0.15) is 0 Å². The van der Waals surface area contributed by atoms with E-state index in [-0.39, 0.29) is 5.91 Å². The van der Waals surface area contributed by atoms with Crippen LogP contribution in [0.4, 0.5) is 5.69 Å². The lowest BCUT2D eigenvalue weighted by Crippen LogP contribution is -2.13. The van der Waals surface area contributed by atoms with Crippen molar-refractivity contribution < 1.29 is 4.79 Å². The van der Waals surface area contributed by atoms with Crippen molar-refractivity contribution in [2.75, 3.05) is 5.32 Å². The van der Waals surface area contributed by atoms with E-state index in [1.165, 1.54) is 4.88 Å². The monoisotopic (exact) mass is 344 g/mol. The summed E-state index contributed by atoms with van der Waals surface area (Å²) in [6.45, 7) is 4.80. The number of benzene rings is 1. The number of nitrogens with zero attached hydrogens (tertiary/aromatic N) is 1. The minimum atomic E-state index is -0.113. The molecule has 1 aromatic carbocycles. The van der Waals surface area contributed by atoms with Crippen molar-refractivity contribution in [1.82, 2.24) is 4.57 Å². The summed E-state index contributed by atoms with van der Waals surface area (Å²) in [7, 11) is 0. The molecule has 0 aliphatic rings. The van der Waals surface area contributed by atoms with E-state index in [4.69, 9.17) is 11.6 Å². The van der Waals surface area contributed by atoms with E-state index in [0.29, 0.717) is 16.3 Å². The van der Waals surface area contributed by atoms with E-state index in [1.54, 1.807) is 23.5 Å². The van der Waals surface area contributed by atoms with Gasteiger partial charge in [-0.05, 0) is 49.6 Å². The molecule has 0 aliphatic heterocycles. The van der Waals surface area contributed by atoms with Gasteiger partial charge in [-0.3, -0.25) is 4.79 Å². The smallest absolute Gasteiger partial charge is 0.257 e. The number of carbonyl (C=O) groups is 1. The Balaban J connectivity index is 1.84. The number of nitrogens with one attached hydrogen (secondary N) is 1. The molecule has 1 N–H and O–H groups in total. The fourth-order valence-electron chi connectivity index (χ4n) is 2.60. The highest BCUT2D eigenvalue weighted by Crippen LogP contribution is 2.21. The predicted molar refractivity (Wildman–Crippen MR) is 96.7 cm³/mol. The minimum absolute atomic E-state index is 0.113. The van der Waals surface area contributed by atoms with Gasteiger partial charge in [0.15, 0.2) is 0 Å². The van der Waals surface area contributed by atoms with Gasteiger partial charge in [0, 0.05) is 27.0 Å². The third-order valence-electron chi connectivity index (χ3n) is 3.79. The molecule has 3 rings (SSSR count). The van der Waals surface area contributed by atoms with Crippen molar-refractivity contribution in [3.05, 3.63) is 74.7 Å². The number of hydrogen-bond donors (Lipinski definition) is 1. The van der Waals surface area contributed by atoms with Crippen LogP contribution in [0.25, 0.3) is 0 Å². The molecule has 3 aromatic rings. The zero-order chi connectivity index (χ0) is 16.4. The lowest BCUT2D eigenvalue weighted by Gasteiger charge is -2.09. The summed E-state index contributed by atoms with van der Waals surface area (Å²) in [5, 5.41) is 5.57. The molecule has 1 amide bonds. The number of rotatable bonds is 4. The van der Waals surface area contributed by atoms with Crippen LogP contribution in [0.2, 0.25) is 5.02 Å². The van der Waals surface area contributed by atoms with Crippen LogP contribution in [0, 0.1) is 13.8 Å². The van der Waals surface area contributed by atoms with Gasteiger partial charge in [0.05, 0.1) is 12.1 Å². The zero-order valence-corrected chi connectivity index (χ0v) is 14.5. The number of aromatic nitrogens is 1. The number of thiophene rings is 1. The second-order valence-electron chi connectivity index (χ2n) is 5.41. The molecule has 2 aromatic heterocycles. The van der Waals surface area contributed by atoms with Crippen molar-refractivity contribution in [2.24, 2.45) is 0 Å². The maximum absolute atomic E-state index is 12.5. The van der Waals surface area contributed by atoms with Gasteiger partial charge in [0.2, 0.25) is 0 Å². The number of amides is 1. The average Bonchev–Trinajstić information content (AvgIpc) is 3.11. The van der Waals surface area contributed by atoms with Gasteiger partial charge in [0.25, 0.3) is 5.91 Å². The molecule has 0 fully saturated rings. The largest absolute Gasteiger partial charge is 0.343 e. The van der Waals surface area contributed by atoms with E-state index < -0.39 is 0 Å². The van der Waals surface area contributed by atoms with Gasteiger partial charge in [-0.25, -0.2) is 0 Å². The lowest BCUT2D eigenvalue weighted by atomic mass is 10.2. The highest BCUT2D eigenvalue weighted by Gasteiger charge is 2.16. The number of aryl methyl sites for hydroxylation is 1. The molecule has 0 saturated heterocycles. The Morgan fingerprint density at radius 2 is 2.04 bits per heavy atom. The zero-order valence-electron chi connectivity index (χ0n) is 13.0. The van der Waals surface area contributed by atoms with Gasteiger partial charge >= 0.3 is 0 Å². The Labute approximate surface area is 144 Å². The summed E-state index contributed by atoms with van der Waals surface area (Å²) in [6.07, 6.45) is 0. The second-order valence-corrected chi connectivity index (χ2v) is 6.88. The van der Waals surface area contributed by atoms with Crippen molar-refractivity contribution in [2.45, 2.75) is 20.4 Å². The quantitative estimate of drug-likeness (QED) is 0.700. The van der Waals surface area contributed by atoms with Gasteiger partial charge in [-0.1, -0.05) is 23.7 Å². The summed E-state index contributed by atoms with van der Waals surface area (Å²) in [5.41, 5.74) is 3.44. The van der Waals surface area contributed by atoms with Crippen molar-refractivity contribution >= 4 is 34.5 Å². The van der Waals surface area contributed by atoms with E-state index >= 15 is 0 Å². The fraction of sp³-hybridized carbons (Fsp3) is 0.167. The van der Waals surface area contributed by atoms with Gasteiger partial charge < -0.3 is 9.88 Å². The second kappa shape index (κ2) is 6.60. The van der Waals surface area contributed by atoms with E-state index in [0.717, 1.165) is 17.9 Å². The third-order valence-corrected chi connectivity index (χ3v) is 4.89. The molecule has 3 nitrogen and oxygen atoms in total. The molecule has 5 heteroatoms. The first-order valence-corrected chi connectivity index (χ1v) is 8.56. The predicted octanol–water partition coefficient (Wildman–Crippen LogP) is 5.12. The Bertz CT molecular complexity index is 837. The van der Waals surface area contributed by atoms with Crippen LogP contribution in [0.1, 0.15) is 26.6 Å². The molecular weight excluding hydrogens is 328 g/mol. The Hall–Kier alpha value is -2.04. The molecule has 2 heterocycles. The fourth-order valence-corrected chi connectivity index (χ4v) is 3.48. The summed E-state index contributed by atoms with van der Waals surface area (Å²) < 4.78 is 2.17. The summed E-state index contributed by atoms with van der Waals surface area (Å²) in [6, 6.07) is 13.3. The molecule has 0 unspecified atom stereocenters. The van der Waals surface area contributed by atoms with E-state index in [2.05, 4.69) is 21.3 Å². The van der Waals surface area contributed by atoms with Crippen LogP contribution < -0.4 is 5.32 Å². The normalized spacial score (nSPS) is 10.7. The first kappa shape index (κ1) is 15.8. The highest BCUT2D eigenvalue weighted by molar-refractivity contribution is 7.09. The van der Waals surface area contributed by atoms with E-state index in [1.807, 2.05) is 38.1 Å². The maximum Gasteiger partial charge on any atom is 0.257 e. The van der Waals surface area contributed by atoms with Crippen molar-refractivity contribution in [3.63, 3.8) is 0 Å². The van der Waals surface area contributed by atoms with Crippen molar-refractivity contribution in [1.29, 1.82) is 0 Å². The Morgan fingerprint density at radius 3 is 2.74 bits per heavy atom. The third kappa shape index (κ3) is 3.49. The Morgan fingerprint density at radius 1 is 1.22 bits per heavy atom. The number of carbonyl (C=O) groups excluding carboxylic acids is 1. The van der Waals surface area contributed by atoms with Crippen molar-refractivity contribution in [3.8, 4) is 0 Å². The standard InChI is InChI=1S/C18H17ClN2OS/c1-12-9-17(13(2)21(12)11-16-7-4-8-23-16)18(22)20-15-6-3-5-14(19)10-15/h3-10H,11H2,1-2H3,(H,20,22). The highest BCUT2D eigenvalue weighted by atomic mass is 35.5. The maximum atomic E-state index is 12.5. The first-order chi connectivity index (χ1) is 11.0. The molecule has 0 atom stereocenters.